The highest BCUT2D eigenvalue weighted by Gasteiger charge is 2.12. The highest BCUT2D eigenvalue weighted by molar-refractivity contribution is 6.30. The van der Waals surface area contributed by atoms with Gasteiger partial charge in [0.1, 0.15) is 5.15 Å². The average molecular weight is 253 g/mol. The molecule has 0 amide bonds. The molecule has 0 spiro atoms. The Hall–Kier alpha value is -1.62. The molecule has 5 nitrogen and oxygen atoms in total. The first-order chi connectivity index (χ1) is 7.99. The number of rotatable bonds is 2. The first-order valence-electron chi connectivity index (χ1n) is 5.20. The van der Waals surface area contributed by atoms with E-state index in [1.165, 1.54) is 17.0 Å². The topological polar surface area (TPSA) is 52.7 Å². The van der Waals surface area contributed by atoms with Crippen molar-refractivity contribution in [2.45, 2.75) is 20.4 Å². The van der Waals surface area contributed by atoms with Crippen LogP contribution in [-0.2, 0) is 13.6 Å². The van der Waals surface area contributed by atoms with Crippen LogP contribution in [0.2, 0.25) is 5.15 Å². The van der Waals surface area contributed by atoms with Gasteiger partial charge in [0.2, 0.25) is 0 Å². The minimum absolute atomic E-state index is 0.0863. The van der Waals surface area contributed by atoms with Crippen LogP contribution >= 0.6 is 11.6 Å². The molecule has 0 N–H and O–H groups in total. The molecule has 0 atom stereocenters. The maximum atomic E-state index is 11.7. The summed E-state index contributed by atoms with van der Waals surface area (Å²) in [5.74, 6) is 0. The maximum Gasteiger partial charge on any atom is 0.253 e. The van der Waals surface area contributed by atoms with Crippen molar-refractivity contribution in [1.82, 2.24) is 19.3 Å². The molecule has 0 aliphatic carbocycles. The van der Waals surface area contributed by atoms with Gasteiger partial charge in [-0.2, -0.15) is 5.10 Å². The van der Waals surface area contributed by atoms with Crippen LogP contribution in [0.5, 0.6) is 0 Å². The van der Waals surface area contributed by atoms with Crippen LogP contribution in [-0.4, -0.2) is 19.3 Å². The van der Waals surface area contributed by atoms with Gasteiger partial charge in [-0.25, -0.2) is 4.98 Å². The molecule has 2 rings (SSSR count). The van der Waals surface area contributed by atoms with Crippen molar-refractivity contribution in [3.05, 3.63) is 44.9 Å². The predicted molar refractivity (Wildman–Crippen MR) is 65.3 cm³/mol. The maximum absolute atomic E-state index is 11.7. The lowest BCUT2D eigenvalue weighted by Gasteiger charge is -2.04. The van der Waals surface area contributed by atoms with Gasteiger partial charge in [-0.05, 0) is 13.8 Å². The van der Waals surface area contributed by atoms with Gasteiger partial charge < -0.3 is 0 Å². The Bertz CT molecular complexity index is 614. The van der Waals surface area contributed by atoms with E-state index in [0.717, 1.165) is 11.3 Å². The minimum atomic E-state index is -0.0863. The summed E-state index contributed by atoms with van der Waals surface area (Å²) in [5.41, 5.74) is 2.30. The lowest BCUT2D eigenvalue weighted by Crippen LogP contribution is -2.20. The van der Waals surface area contributed by atoms with Crippen LogP contribution in [0.4, 0.5) is 0 Å². The predicted octanol–water partition coefficient (Wildman–Crippen LogP) is 1.30. The van der Waals surface area contributed by atoms with Crippen molar-refractivity contribution in [2.75, 3.05) is 0 Å². The summed E-state index contributed by atoms with van der Waals surface area (Å²) in [6, 6.07) is 1.50. The van der Waals surface area contributed by atoms with Crippen molar-refractivity contribution in [2.24, 2.45) is 7.05 Å². The molecular formula is C11H13ClN4O. The molecule has 2 heterocycles. The Balaban J connectivity index is 2.41. The van der Waals surface area contributed by atoms with Gasteiger partial charge in [-0.15, -0.1) is 0 Å². The van der Waals surface area contributed by atoms with Gasteiger partial charge in [-0.1, -0.05) is 11.6 Å². The molecule has 17 heavy (non-hydrogen) atoms. The third kappa shape index (κ3) is 2.24. The van der Waals surface area contributed by atoms with E-state index in [-0.39, 0.29) is 5.56 Å². The zero-order valence-electron chi connectivity index (χ0n) is 9.94. The lowest BCUT2D eigenvalue weighted by molar-refractivity contribution is 0.726. The fourth-order valence-corrected chi connectivity index (χ4v) is 1.89. The first-order valence-corrected chi connectivity index (χ1v) is 5.58. The molecule has 0 aliphatic rings. The fraction of sp³-hybridized carbons (Fsp3) is 0.364. The van der Waals surface area contributed by atoms with E-state index in [4.69, 9.17) is 11.6 Å². The number of nitrogens with zero attached hydrogens (tertiary/aromatic N) is 4. The van der Waals surface area contributed by atoms with Crippen LogP contribution in [0.1, 0.15) is 17.0 Å². The first kappa shape index (κ1) is 11.9. The van der Waals surface area contributed by atoms with Gasteiger partial charge in [0.15, 0.2) is 0 Å². The van der Waals surface area contributed by atoms with E-state index in [9.17, 15) is 4.79 Å². The third-order valence-electron chi connectivity index (χ3n) is 2.61. The number of aromatic nitrogens is 4. The summed E-state index contributed by atoms with van der Waals surface area (Å²) >= 11 is 6.11. The Kier molecular flexibility index (Phi) is 3.02. The minimum Gasteiger partial charge on any atom is -0.295 e. The highest BCUT2D eigenvalue weighted by atomic mass is 35.5. The van der Waals surface area contributed by atoms with Crippen molar-refractivity contribution in [3.63, 3.8) is 0 Å². The van der Waals surface area contributed by atoms with Crippen molar-refractivity contribution in [1.29, 1.82) is 0 Å². The van der Waals surface area contributed by atoms with Crippen molar-refractivity contribution < 1.29 is 0 Å². The number of halogens is 1. The quantitative estimate of drug-likeness (QED) is 0.810. The normalized spacial score (nSPS) is 10.8. The molecule has 6 heteroatoms. The zero-order valence-corrected chi connectivity index (χ0v) is 10.7. The van der Waals surface area contributed by atoms with Gasteiger partial charge in [0.25, 0.3) is 5.56 Å². The van der Waals surface area contributed by atoms with E-state index >= 15 is 0 Å². The van der Waals surface area contributed by atoms with Gasteiger partial charge in [-0.3, -0.25) is 14.0 Å². The van der Waals surface area contributed by atoms with E-state index in [1.54, 1.807) is 18.7 Å². The molecule has 0 unspecified atom stereocenters. The molecular weight excluding hydrogens is 240 g/mol. The number of hydrogen-bond donors (Lipinski definition) is 0. The molecule has 0 radical (unpaired) electrons. The standard InChI is InChI=1S/C11H13ClN4O/c1-7-4-10(17)16(6-13-7)5-9-8(2)14-15(3)11(9)12/h4,6H,5H2,1-3H3. The van der Waals surface area contributed by atoms with Gasteiger partial charge in [0.05, 0.1) is 18.6 Å². The molecule has 0 fully saturated rings. The van der Waals surface area contributed by atoms with Crippen LogP contribution < -0.4 is 5.56 Å². The molecule has 0 bridgehead atoms. The largest absolute Gasteiger partial charge is 0.295 e. The second-order valence-corrected chi connectivity index (χ2v) is 4.33. The Morgan fingerprint density at radius 1 is 1.41 bits per heavy atom. The molecule has 0 aliphatic heterocycles. The molecule has 0 saturated heterocycles. The Morgan fingerprint density at radius 2 is 2.12 bits per heavy atom. The molecule has 90 valence electrons. The van der Waals surface area contributed by atoms with Crippen LogP contribution in [0.25, 0.3) is 0 Å². The molecule has 0 aromatic carbocycles. The summed E-state index contributed by atoms with van der Waals surface area (Å²) in [6.07, 6.45) is 1.53. The second-order valence-electron chi connectivity index (χ2n) is 3.97. The summed E-state index contributed by atoms with van der Waals surface area (Å²) in [5, 5.41) is 4.75. The number of hydrogen-bond acceptors (Lipinski definition) is 3. The monoisotopic (exact) mass is 252 g/mol. The van der Waals surface area contributed by atoms with Gasteiger partial charge in [0, 0.05) is 24.4 Å². The van der Waals surface area contributed by atoms with Gasteiger partial charge >= 0.3 is 0 Å². The van der Waals surface area contributed by atoms with Crippen LogP contribution in [0.3, 0.4) is 0 Å². The highest BCUT2D eigenvalue weighted by Crippen LogP contribution is 2.18. The Morgan fingerprint density at radius 3 is 2.65 bits per heavy atom. The average Bonchev–Trinajstić information content (AvgIpc) is 2.48. The van der Waals surface area contributed by atoms with Crippen LogP contribution in [0, 0.1) is 13.8 Å². The second kappa shape index (κ2) is 4.33. The summed E-state index contributed by atoms with van der Waals surface area (Å²) in [6.45, 7) is 4.05. The van der Waals surface area contributed by atoms with E-state index in [2.05, 4.69) is 10.1 Å². The zero-order chi connectivity index (χ0) is 12.6. The van der Waals surface area contributed by atoms with Crippen LogP contribution in [0.15, 0.2) is 17.2 Å². The molecule has 0 saturated carbocycles. The number of aryl methyl sites for hydroxylation is 3. The smallest absolute Gasteiger partial charge is 0.253 e. The van der Waals surface area contributed by atoms with Crippen molar-refractivity contribution in [3.8, 4) is 0 Å². The summed E-state index contributed by atoms with van der Waals surface area (Å²) < 4.78 is 3.11. The molecule has 2 aromatic heterocycles. The van der Waals surface area contributed by atoms with E-state index < -0.39 is 0 Å². The summed E-state index contributed by atoms with van der Waals surface area (Å²) in [7, 11) is 1.77. The molecule has 2 aromatic rings. The van der Waals surface area contributed by atoms with E-state index in [0.29, 0.717) is 17.4 Å². The van der Waals surface area contributed by atoms with Crippen molar-refractivity contribution >= 4 is 11.6 Å². The van der Waals surface area contributed by atoms with E-state index in [1.807, 2.05) is 6.92 Å². The third-order valence-corrected chi connectivity index (χ3v) is 3.09. The fourth-order valence-electron chi connectivity index (χ4n) is 1.66. The summed E-state index contributed by atoms with van der Waals surface area (Å²) in [4.78, 5) is 15.8. The lowest BCUT2D eigenvalue weighted by atomic mass is 10.2. The SMILES string of the molecule is Cc1cc(=O)n(Cc2c(C)nn(C)c2Cl)cn1. The Labute approximate surface area is 104 Å².